The fourth-order valence-electron chi connectivity index (χ4n) is 0.645. The molecule has 0 aliphatic heterocycles. The summed E-state index contributed by atoms with van der Waals surface area (Å²) in [4.78, 5) is 4.13. The van der Waals surface area contributed by atoms with E-state index in [1.165, 1.54) is 11.3 Å². The van der Waals surface area contributed by atoms with Crippen LogP contribution in [0.15, 0.2) is 5.38 Å². The lowest BCUT2D eigenvalue weighted by molar-refractivity contribution is 0.410. The predicted octanol–water partition coefficient (Wildman–Crippen LogP) is 0.653. The summed E-state index contributed by atoms with van der Waals surface area (Å²) in [6.45, 7) is 0.646. The van der Waals surface area contributed by atoms with Crippen LogP contribution < -0.4 is 10.5 Å². The highest BCUT2D eigenvalue weighted by molar-refractivity contribution is 7.11. The van der Waals surface area contributed by atoms with Crippen LogP contribution in [0.25, 0.3) is 0 Å². The molecule has 56 valence electrons. The molecule has 1 aromatic heterocycles. The molecule has 0 atom stereocenters. The molecule has 0 amide bonds. The molecule has 4 heteroatoms. The van der Waals surface area contributed by atoms with Crippen molar-refractivity contribution in [1.29, 1.82) is 0 Å². The van der Waals surface area contributed by atoms with Gasteiger partial charge in [-0.3, -0.25) is 0 Å². The zero-order valence-corrected chi connectivity index (χ0v) is 6.65. The molecule has 0 aliphatic rings. The molecule has 1 rings (SSSR count). The van der Waals surface area contributed by atoms with E-state index in [1.807, 2.05) is 5.38 Å². The van der Waals surface area contributed by atoms with Gasteiger partial charge in [-0.25, -0.2) is 4.98 Å². The Morgan fingerprint density at radius 3 is 3.10 bits per heavy atom. The maximum absolute atomic E-state index is 5.34. The van der Waals surface area contributed by atoms with Crippen LogP contribution in [-0.4, -0.2) is 18.6 Å². The van der Waals surface area contributed by atoms with Crippen molar-refractivity contribution >= 4 is 11.3 Å². The maximum Gasteiger partial charge on any atom is 0.273 e. The second kappa shape index (κ2) is 3.53. The number of aromatic nitrogens is 1. The zero-order valence-electron chi connectivity index (χ0n) is 5.83. The molecule has 1 heterocycles. The molecule has 2 N–H and O–H groups in total. The van der Waals surface area contributed by atoms with Crippen LogP contribution >= 0.6 is 11.3 Å². The highest BCUT2D eigenvalue weighted by Gasteiger charge is 1.98. The minimum Gasteiger partial charge on any atom is -0.473 e. The first-order chi connectivity index (χ1) is 4.86. The van der Waals surface area contributed by atoms with Gasteiger partial charge < -0.3 is 10.5 Å². The van der Waals surface area contributed by atoms with Crippen LogP contribution in [0.5, 0.6) is 5.19 Å². The Labute approximate surface area is 63.8 Å². The van der Waals surface area contributed by atoms with Crippen molar-refractivity contribution in [2.75, 3.05) is 13.7 Å². The summed E-state index contributed by atoms with van der Waals surface area (Å²) in [5, 5.41) is 2.68. The molecular weight excluding hydrogens is 148 g/mol. The number of rotatable bonds is 3. The molecule has 0 spiro atoms. The van der Waals surface area contributed by atoms with Gasteiger partial charge in [0, 0.05) is 11.8 Å². The number of ether oxygens (including phenoxy) is 1. The largest absolute Gasteiger partial charge is 0.473 e. The highest BCUT2D eigenvalue weighted by atomic mass is 32.1. The van der Waals surface area contributed by atoms with Crippen molar-refractivity contribution in [3.05, 3.63) is 11.1 Å². The minimum absolute atomic E-state index is 0.646. The van der Waals surface area contributed by atoms with E-state index < -0.39 is 0 Å². The SMILES string of the molecule is COc1nc(CCN)cs1. The Morgan fingerprint density at radius 1 is 1.80 bits per heavy atom. The highest BCUT2D eigenvalue weighted by Crippen LogP contribution is 2.16. The summed E-state index contributed by atoms with van der Waals surface area (Å²) in [7, 11) is 1.62. The molecule has 0 bridgehead atoms. The van der Waals surface area contributed by atoms with E-state index in [-0.39, 0.29) is 0 Å². The molecule has 3 nitrogen and oxygen atoms in total. The zero-order chi connectivity index (χ0) is 7.40. The van der Waals surface area contributed by atoms with Crippen LogP contribution in [0, 0.1) is 0 Å². The summed E-state index contributed by atoms with van der Waals surface area (Å²) in [5.74, 6) is 0. The van der Waals surface area contributed by atoms with Crippen molar-refractivity contribution in [2.45, 2.75) is 6.42 Å². The summed E-state index contributed by atoms with van der Waals surface area (Å²) in [5.41, 5.74) is 6.35. The Balaban J connectivity index is 2.59. The number of nitrogens with zero attached hydrogens (tertiary/aromatic N) is 1. The van der Waals surface area contributed by atoms with Gasteiger partial charge in [-0.15, -0.1) is 0 Å². The Kier molecular flexibility index (Phi) is 2.65. The first-order valence-electron chi connectivity index (χ1n) is 3.05. The molecule has 1 aromatic rings. The third kappa shape index (κ3) is 1.68. The molecule has 0 aliphatic carbocycles. The van der Waals surface area contributed by atoms with Crippen molar-refractivity contribution < 1.29 is 4.74 Å². The number of nitrogens with two attached hydrogens (primary N) is 1. The van der Waals surface area contributed by atoms with Crippen LogP contribution in [0.2, 0.25) is 0 Å². The average Bonchev–Trinajstić information content (AvgIpc) is 2.37. The summed E-state index contributed by atoms with van der Waals surface area (Å²) >= 11 is 1.50. The van der Waals surface area contributed by atoms with Gasteiger partial charge in [0.2, 0.25) is 0 Å². The predicted molar refractivity (Wildman–Crippen MR) is 41.4 cm³/mol. The number of thiazole rings is 1. The molecule has 10 heavy (non-hydrogen) atoms. The van der Waals surface area contributed by atoms with E-state index in [2.05, 4.69) is 4.98 Å². The van der Waals surface area contributed by atoms with Crippen LogP contribution in [0.3, 0.4) is 0 Å². The van der Waals surface area contributed by atoms with Gasteiger partial charge in [0.1, 0.15) is 0 Å². The van der Waals surface area contributed by atoms with E-state index in [1.54, 1.807) is 7.11 Å². The van der Waals surface area contributed by atoms with Gasteiger partial charge in [0.05, 0.1) is 12.8 Å². The lowest BCUT2D eigenvalue weighted by Gasteiger charge is -1.89. The molecule has 0 unspecified atom stereocenters. The van der Waals surface area contributed by atoms with Crippen LogP contribution in [0.1, 0.15) is 5.69 Å². The summed E-state index contributed by atoms with van der Waals surface area (Å²) < 4.78 is 4.91. The quantitative estimate of drug-likeness (QED) is 0.702. The van der Waals surface area contributed by atoms with Gasteiger partial charge in [0.25, 0.3) is 5.19 Å². The minimum atomic E-state index is 0.646. The van der Waals surface area contributed by atoms with E-state index in [0.29, 0.717) is 11.7 Å². The van der Waals surface area contributed by atoms with Gasteiger partial charge in [0.15, 0.2) is 0 Å². The normalized spacial score (nSPS) is 9.80. The van der Waals surface area contributed by atoms with E-state index in [0.717, 1.165) is 12.1 Å². The lowest BCUT2D eigenvalue weighted by atomic mass is 10.3. The number of methoxy groups -OCH3 is 1. The Morgan fingerprint density at radius 2 is 2.60 bits per heavy atom. The monoisotopic (exact) mass is 158 g/mol. The van der Waals surface area contributed by atoms with Crippen molar-refractivity contribution in [3.8, 4) is 5.19 Å². The van der Waals surface area contributed by atoms with E-state index in [9.17, 15) is 0 Å². The molecular formula is C6H10N2OS. The average molecular weight is 158 g/mol. The molecule has 0 aromatic carbocycles. The van der Waals surface area contributed by atoms with Gasteiger partial charge in [-0.1, -0.05) is 11.3 Å². The summed E-state index contributed by atoms with van der Waals surface area (Å²) in [6.07, 6.45) is 0.833. The molecule has 0 saturated heterocycles. The van der Waals surface area contributed by atoms with Gasteiger partial charge in [-0.2, -0.15) is 0 Å². The number of hydrogen-bond acceptors (Lipinski definition) is 4. The smallest absolute Gasteiger partial charge is 0.273 e. The van der Waals surface area contributed by atoms with Crippen molar-refractivity contribution in [2.24, 2.45) is 5.73 Å². The Bertz CT molecular complexity index is 199. The number of hydrogen-bond donors (Lipinski definition) is 1. The van der Waals surface area contributed by atoms with Crippen LogP contribution in [0.4, 0.5) is 0 Å². The lowest BCUT2D eigenvalue weighted by Crippen LogP contribution is -2.02. The van der Waals surface area contributed by atoms with Crippen LogP contribution in [-0.2, 0) is 6.42 Å². The van der Waals surface area contributed by atoms with E-state index in [4.69, 9.17) is 10.5 Å². The first-order valence-corrected chi connectivity index (χ1v) is 3.93. The standard InChI is InChI=1S/C6H10N2OS/c1-9-6-8-5(2-3-7)4-10-6/h4H,2-3,7H2,1H3. The second-order valence-electron chi connectivity index (χ2n) is 1.85. The first kappa shape index (κ1) is 7.50. The topological polar surface area (TPSA) is 48.1 Å². The van der Waals surface area contributed by atoms with E-state index >= 15 is 0 Å². The molecule has 0 fully saturated rings. The Hall–Kier alpha value is -0.610. The summed E-state index contributed by atoms with van der Waals surface area (Å²) in [6, 6.07) is 0. The third-order valence-corrected chi connectivity index (χ3v) is 1.96. The molecule has 0 saturated carbocycles. The van der Waals surface area contributed by atoms with Crippen molar-refractivity contribution in [1.82, 2.24) is 4.98 Å². The van der Waals surface area contributed by atoms with Gasteiger partial charge >= 0.3 is 0 Å². The fourth-order valence-corrected chi connectivity index (χ4v) is 1.32. The second-order valence-corrected chi connectivity index (χ2v) is 2.67. The van der Waals surface area contributed by atoms with Gasteiger partial charge in [-0.05, 0) is 6.54 Å². The maximum atomic E-state index is 5.34. The molecule has 0 radical (unpaired) electrons. The van der Waals surface area contributed by atoms with Crippen molar-refractivity contribution in [3.63, 3.8) is 0 Å². The third-order valence-electron chi connectivity index (χ3n) is 1.11. The fraction of sp³-hybridized carbons (Fsp3) is 0.500.